The summed E-state index contributed by atoms with van der Waals surface area (Å²) in [4.78, 5) is 8.88. The molecule has 0 aliphatic heterocycles. The summed E-state index contributed by atoms with van der Waals surface area (Å²) in [5.74, 6) is 2.45. The van der Waals surface area contributed by atoms with Crippen LogP contribution in [-0.2, 0) is 13.5 Å². The van der Waals surface area contributed by atoms with Gasteiger partial charge >= 0.3 is 0 Å². The molecule has 0 aliphatic rings. The number of nitrogens with zero attached hydrogens (tertiary/aromatic N) is 5. The molecule has 2 heterocycles. The fourth-order valence-electron chi connectivity index (χ4n) is 2.02. The Balaban J connectivity index is 2.39. The lowest BCUT2D eigenvalue weighted by Gasteiger charge is -2.09. The normalized spacial score (nSPS) is 13.2. The summed E-state index contributed by atoms with van der Waals surface area (Å²) in [5, 5.41) is 4.66. The second-order valence-electron chi connectivity index (χ2n) is 5.50. The third-order valence-corrected chi connectivity index (χ3v) is 3.44. The fraction of sp³-hybridized carbons (Fsp3) is 0.643. The molecule has 2 aromatic rings. The molecule has 2 rings (SSSR count). The maximum Gasteiger partial charge on any atom is 0.176 e. The SMILES string of the molecule is CCC(C)Cc1nc(-c2cncn2C)n(C(C)C)n1. The van der Waals surface area contributed by atoms with E-state index < -0.39 is 0 Å². The van der Waals surface area contributed by atoms with Gasteiger partial charge < -0.3 is 4.57 Å². The van der Waals surface area contributed by atoms with E-state index in [1.807, 2.05) is 22.5 Å². The Labute approximate surface area is 114 Å². The summed E-state index contributed by atoms with van der Waals surface area (Å²) in [6.45, 7) is 8.69. The molecule has 0 spiro atoms. The van der Waals surface area contributed by atoms with Gasteiger partial charge in [-0.1, -0.05) is 20.3 Å². The summed E-state index contributed by atoms with van der Waals surface area (Å²) in [6.07, 6.45) is 5.72. The van der Waals surface area contributed by atoms with Crippen LogP contribution in [0.25, 0.3) is 11.5 Å². The van der Waals surface area contributed by atoms with E-state index in [0.717, 1.165) is 30.2 Å². The molecule has 0 aliphatic carbocycles. The molecule has 19 heavy (non-hydrogen) atoms. The summed E-state index contributed by atoms with van der Waals surface area (Å²) in [6, 6.07) is 0.295. The van der Waals surface area contributed by atoms with Crippen molar-refractivity contribution in [2.24, 2.45) is 13.0 Å². The molecule has 2 aromatic heterocycles. The smallest absolute Gasteiger partial charge is 0.176 e. The first-order valence-electron chi connectivity index (χ1n) is 6.95. The van der Waals surface area contributed by atoms with E-state index in [2.05, 4.69) is 37.8 Å². The van der Waals surface area contributed by atoms with Crippen LogP contribution in [0.2, 0.25) is 0 Å². The van der Waals surface area contributed by atoms with Gasteiger partial charge in [0, 0.05) is 19.5 Å². The maximum absolute atomic E-state index is 4.71. The molecule has 5 heteroatoms. The van der Waals surface area contributed by atoms with Gasteiger partial charge in [-0.25, -0.2) is 14.6 Å². The highest BCUT2D eigenvalue weighted by molar-refractivity contribution is 5.48. The predicted molar refractivity (Wildman–Crippen MR) is 75.8 cm³/mol. The quantitative estimate of drug-likeness (QED) is 0.831. The minimum atomic E-state index is 0.295. The van der Waals surface area contributed by atoms with Crippen molar-refractivity contribution < 1.29 is 0 Å². The third-order valence-electron chi connectivity index (χ3n) is 3.44. The van der Waals surface area contributed by atoms with Crippen LogP contribution in [0.3, 0.4) is 0 Å². The number of aryl methyl sites for hydroxylation is 1. The van der Waals surface area contributed by atoms with Gasteiger partial charge in [-0.2, -0.15) is 5.10 Å². The van der Waals surface area contributed by atoms with Gasteiger partial charge in [-0.15, -0.1) is 0 Å². The minimum Gasteiger partial charge on any atom is -0.331 e. The van der Waals surface area contributed by atoms with Crippen LogP contribution in [0.5, 0.6) is 0 Å². The highest BCUT2D eigenvalue weighted by Gasteiger charge is 2.17. The zero-order valence-corrected chi connectivity index (χ0v) is 12.5. The number of hydrogen-bond donors (Lipinski definition) is 0. The van der Waals surface area contributed by atoms with Crippen LogP contribution in [0.1, 0.15) is 46.0 Å². The molecular formula is C14H23N5. The van der Waals surface area contributed by atoms with Crippen LogP contribution in [0.4, 0.5) is 0 Å². The van der Waals surface area contributed by atoms with E-state index in [-0.39, 0.29) is 0 Å². The lowest BCUT2D eigenvalue weighted by molar-refractivity contribution is 0.508. The zero-order chi connectivity index (χ0) is 14.0. The summed E-state index contributed by atoms with van der Waals surface area (Å²) in [5.41, 5.74) is 1.01. The first-order chi connectivity index (χ1) is 9.02. The minimum absolute atomic E-state index is 0.295. The van der Waals surface area contributed by atoms with Gasteiger partial charge in [0.1, 0.15) is 5.69 Å². The van der Waals surface area contributed by atoms with Gasteiger partial charge in [-0.05, 0) is 19.8 Å². The molecule has 0 aromatic carbocycles. The Morgan fingerprint density at radius 3 is 2.53 bits per heavy atom. The molecule has 0 fully saturated rings. The number of rotatable bonds is 5. The number of aromatic nitrogens is 5. The molecule has 0 bridgehead atoms. The molecular weight excluding hydrogens is 238 g/mol. The second-order valence-corrected chi connectivity index (χ2v) is 5.50. The highest BCUT2D eigenvalue weighted by Crippen LogP contribution is 2.21. The van der Waals surface area contributed by atoms with Gasteiger partial charge in [0.05, 0.1) is 12.5 Å². The molecule has 104 valence electrons. The molecule has 1 unspecified atom stereocenters. The average molecular weight is 261 g/mol. The van der Waals surface area contributed by atoms with Crippen molar-refractivity contribution >= 4 is 0 Å². The Hall–Kier alpha value is -1.65. The summed E-state index contributed by atoms with van der Waals surface area (Å²) < 4.78 is 3.98. The van der Waals surface area contributed by atoms with Crippen molar-refractivity contribution in [3.63, 3.8) is 0 Å². The predicted octanol–water partition coefficient (Wildman–Crippen LogP) is 2.85. The monoisotopic (exact) mass is 261 g/mol. The van der Waals surface area contributed by atoms with E-state index in [0.29, 0.717) is 12.0 Å². The molecule has 0 N–H and O–H groups in total. The first-order valence-corrected chi connectivity index (χ1v) is 6.95. The molecule has 0 saturated carbocycles. The van der Waals surface area contributed by atoms with Crippen LogP contribution in [0.15, 0.2) is 12.5 Å². The topological polar surface area (TPSA) is 48.5 Å². The standard InChI is InChI=1S/C14H23N5/c1-6-11(4)7-13-16-14(19(17-13)10(2)3)12-8-15-9-18(12)5/h8-11H,6-7H2,1-5H3. The Morgan fingerprint density at radius 1 is 1.26 bits per heavy atom. The van der Waals surface area contributed by atoms with E-state index in [9.17, 15) is 0 Å². The van der Waals surface area contributed by atoms with Gasteiger partial charge in [0.25, 0.3) is 0 Å². The third kappa shape index (κ3) is 2.85. The molecule has 5 nitrogen and oxygen atoms in total. The fourth-order valence-corrected chi connectivity index (χ4v) is 2.02. The average Bonchev–Trinajstić information content (AvgIpc) is 2.95. The van der Waals surface area contributed by atoms with Crippen molar-refractivity contribution in [2.75, 3.05) is 0 Å². The Morgan fingerprint density at radius 2 is 2.00 bits per heavy atom. The number of hydrogen-bond acceptors (Lipinski definition) is 3. The molecule has 1 atom stereocenters. The van der Waals surface area contributed by atoms with Crippen molar-refractivity contribution in [1.82, 2.24) is 24.3 Å². The van der Waals surface area contributed by atoms with Crippen LogP contribution < -0.4 is 0 Å². The summed E-state index contributed by atoms with van der Waals surface area (Å²) >= 11 is 0. The van der Waals surface area contributed by atoms with Crippen LogP contribution >= 0.6 is 0 Å². The largest absolute Gasteiger partial charge is 0.331 e. The lowest BCUT2D eigenvalue weighted by atomic mass is 10.1. The van der Waals surface area contributed by atoms with E-state index in [1.54, 1.807) is 6.33 Å². The Kier molecular flexibility index (Phi) is 4.02. The zero-order valence-electron chi connectivity index (χ0n) is 12.5. The van der Waals surface area contributed by atoms with Crippen molar-refractivity contribution in [3.05, 3.63) is 18.3 Å². The van der Waals surface area contributed by atoms with E-state index in [4.69, 9.17) is 4.98 Å². The van der Waals surface area contributed by atoms with Crippen molar-refractivity contribution in [1.29, 1.82) is 0 Å². The number of imidazole rings is 1. The second kappa shape index (κ2) is 5.55. The first kappa shape index (κ1) is 13.8. The molecule has 0 radical (unpaired) electrons. The van der Waals surface area contributed by atoms with Crippen molar-refractivity contribution in [2.45, 2.75) is 46.6 Å². The van der Waals surface area contributed by atoms with Gasteiger partial charge in [0.15, 0.2) is 11.6 Å². The van der Waals surface area contributed by atoms with Gasteiger partial charge in [-0.3, -0.25) is 0 Å². The summed E-state index contributed by atoms with van der Waals surface area (Å²) in [7, 11) is 1.98. The van der Waals surface area contributed by atoms with E-state index >= 15 is 0 Å². The van der Waals surface area contributed by atoms with Crippen molar-refractivity contribution in [3.8, 4) is 11.5 Å². The van der Waals surface area contributed by atoms with E-state index in [1.165, 1.54) is 0 Å². The van der Waals surface area contributed by atoms with Gasteiger partial charge in [0.2, 0.25) is 0 Å². The lowest BCUT2D eigenvalue weighted by Crippen LogP contribution is -2.07. The van der Waals surface area contributed by atoms with Crippen LogP contribution in [0, 0.1) is 5.92 Å². The molecule has 0 saturated heterocycles. The Bertz CT molecular complexity index is 538. The highest BCUT2D eigenvalue weighted by atomic mass is 15.4. The molecule has 0 amide bonds. The maximum atomic E-state index is 4.71. The van der Waals surface area contributed by atoms with Crippen LogP contribution in [-0.4, -0.2) is 24.3 Å².